The second kappa shape index (κ2) is 7.37. The number of nitrogens with zero attached hydrogens (tertiary/aromatic N) is 3. The smallest absolute Gasteiger partial charge is 0.221 e. The van der Waals surface area contributed by atoms with Gasteiger partial charge < -0.3 is 10.4 Å². The number of rotatable bonds is 6. The van der Waals surface area contributed by atoms with Crippen LogP contribution in [0, 0.1) is 0 Å². The fourth-order valence-corrected chi connectivity index (χ4v) is 2.19. The second-order valence-corrected chi connectivity index (χ2v) is 6.60. The monoisotopic (exact) mass is 316 g/mol. The number of hydrogen-bond donors (Lipinski definition) is 2. The Hall–Kier alpha value is -2.21. The van der Waals surface area contributed by atoms with Gasteiger partial charge in [-0.2, -0.15) is 5.10 Å². The first-order valence-corrected chi connectivity index (χ1v) is 7.74. The Kier molecular flexibility index (Phi) is 5.50. The van der Waals surface area contributed by atoms with E-state index < -0.39 is 6.10 Å². The summed E-state index contributed by atoms with van der Waals surface area (Å²) in [6.07, 6.45) is 2.60. The Bertz CT molecular complexity index is 615. The second-order valence-electron chi connectivity index (χ2n) is 6.60. The number of aryl methyl sites for hydroxylation is 1. The molecule has 0 saturated heterocycles. The molecule has 124 valence electrons. The van der Waals surface area contributed by atoms with Gasteiger partial charge in [0.05, 0.1) is 12.6 Å². The number of aromatic nitrogens is 3. The molecule has 23 heavy (non-hydrogen) atoms. The molecule has 1 heterocycles. The number of aliphatic hydroxyl groups is 1. The third-order valence-corrected chi connectivity index (χ3v) is 3.69. The highest BCUT2D eigenvalue weighted by Gasteiger charge is 2.15. The van der Waals surface area contributed by atoms with Gasteiger partial charge in [0.2, 0.25) is 5.91 Å². The first-order chi connectivity index (χ1) is 10.9. The normalized spacial score (nSPS) is 12.9. The molecular weight excluding hydrogens is 292 g/mol. The summed E-state index contributed by atoms with van der Waals surface area (Å²) < 4.78 is 1.60. The van der Waals surface area contributed by atoms with Gasteiger partial charge in [0.15, 0.2) is 0 Å². The molecule has 6 heteroatoms. The molecule has 1 amide bonds. The molecule has 1 unspecified atom stereocenters. The van der Waals surface area contributed by atoms with Gasteiger partial charge in [0, 0.05) is 13.0 Å². The van der Waals surface area contributed by atoms with E-state index in [2.05, 4.69) is 36.2 Å². The van der Waals surface area contributed by atoms with Crippen molar-refractivity contribution in [2.75, 3.05) is 6.54 Å². The van der Waals surface area contributed by atoms with E-state index in [-0.39, 0.29) is 17.9 Å². The quantitative estimate of drug-likeness (QED) is 0.852. The largest absolute Gasteiger partial charge is 0.387 e. The van der Waals surface area contributed by atoms with Crippen LogP contribution in [0.4, 0.5) is 0 Å². The molecule has 2 rings (SSSR count). The highest BCUT2D eigenvalue weighted by Crippen LogP contribution is 2.23. The predicted octanol–water partition coefficient (Wildman–Crippen LogP) is 1.82. The Balaban J connectivity index is 1.79. The summed E-state index contributed by atoms with van der Waals surface area (Å²) in [4.78, 5) is 15.6. The van der Waals surface area contributed by atoms with Crippen LogP contribution in [-0.2, 0) is 16.8 Å². The number of carbonyl (C=O) groups is 1. The molecule has 2 N–H and O–H groups in total. The average Bonchev–Trinajstić information content (AvgIpc) is 3.03. The van der Waals surface area contributed by atoms with Crippen LogP contribution in [0.5, 0.6) is 0 Å². The molecule has 0 aliphatic carbocycles. The van der Waals surface area contributed by atoms with Crippen LogP contribution in [0.15, 0.2) is 36.9 Å². The van der Waals surface area contributed by atoms with Crippen LogP contribution in [0.2, 0.25) is 0 Å². The lowest BCUT2D eigenvalue weighted by molar-refractivity contribution is -0.121. The minimum atomic E-state index is -0.709. The molecule has 0 aliphatic heterocycles. The topological polar surface area (TPSA) is 80.0 Å². The van der Waals surface area contributed by atoms with Crippen molar-refractivity contribution in [3.8, 4) is 0 Å². The van der Waals surface area contributed by atoms with Crippen molar-refractivity contribution in [1.82, 2.24) is 20.1 Å². The summed E-state index contributed by atoms with van der Waals surface area (Å²) in [6, 6.07) is 7.86. The maximum atomic E-state index is 11.8. The summed E-state index contributed by atoms with van der Waals surface area (Å²) in [7, 11) is 0. The molecule has 0 aliphatic rings. The lowest BCUT2D eigenvalue weighted by Gasteiger charge is -2.20. The first kappa shape index (κ1) is 17.1. The number of nitrogens with one attached hydrogen (secondary N) is 1. The van der Waals surface area contributed by atoms with E-state index in [0.717, 1.165) is 5.56 Å². The van der Waals surface area contributed by atoms with Gasteiger partial charge in [-0.1, -0.05) is 45.0 Å². The van der Waals surface area contributed by atoms with Crippen molar-refractivity contribution in [1.29, 1.82) is 0 Å². The van der Waals surface area contributed by atoms with Crippen molar-refractivity contribution in [2.45, 2.75) is 45.3 Å². The Morgan fingerprint density at radius 3 is 2.57 bits per heavy atom. The van der Waals surface area contributed by atoms with Crippen molar-refractivity contribution in [3.63, 3.8) is 0 Å². The number of amides is 1. The van der Waals surface area contributed by atoms with Crippen molar-refractivity contribution in [3.05, 3.63) is 48.0 Å². The number of benzene rings is 1. The number of carbonyl (C=O) groups excluding carboxylic acids is 1. The summed E-state index contributed by atoms with van der Waals surface area (Å²) >= 11 is 0. The van der Waals surface area contributed by atoms with Crippen LogP contribution in [0.3, 0.4) is 0 Å². The van der Waals surface area contributed by atoms with E-state index in [4.69, 9.17) is 0 Å². The molecule has 1 aromatic heterocycles. The molecule has 2 aromatic rings. The zero-order valence-electron chi connectivity index (χ0n) is 13.9. The zero-order valence-corrected chi connectivity index (χ0v) is 13.9. The fourth-order valence-electron chi connectivity index (χ4n) is 2.19. The molecule has 6 nitrogen and oxygen atoms in total. The predicted molar refractivity (Wildman–Crippen MR) is 87.8 cm³/mol. The molecule has 0 fully saturated rings. The molecule has 0 bridgehead atoms. The van der Waals surface area contributed by atoms with Crippen LogP contribution >= 0.6 is 0 Å². The first-order valence-electron chi connectivity index (χ1n) is 7.74. The molecule has 1 aromatic carbocycles. The third-order valence-electron chi connectivity index (χ3n) is 3.69. The van der Waals surface area contributed by atoms with Crippen LogP contribution in [-0.4, -0.2) is 32.3 Å². The Morgan fingerprint density at radius 2 is 2.00 bits per heavy atom. The van der Waals surface area contributed by atoms with E-state index in [0.29, 0.717) is 13.0 Å². The molecule has 0 saturated carbocycles. The van der Waals surface area contributed by atoms with Gasteiger partial charge in [-0.15, -0.1) is 0 Å². The van der Waals surface area contributed by atoms with E-state index in [1.807, 2.05) is 24.3 Å². The van der Waals surface area contributed by atoms with Gasteiger partial charge >= 0.3 is 0 Å². The minimum Gasteiger partial charge on any atom is -0.387 e. The van der Waals surface area contributed by atoms with Gasteiger partial charge in [-0.25, -0.2) is 4.98 Å². The van der Waals surface area contributed by atoms with Gasteiger partial charge in [0.25, 0.3) is 0 Å². The summed E-state index contributed by atoms with van der Waals surface area (Å²) in [6.45, 7) is 7.11. The SMILES string of the molecule is CC(C)(C)c1ccc(C(O)CNC(=O)CCn2cncn2)cc1. The average molecular weight is 316 g/mol. The van der Waals surface area contributed by atoms with Gasteiger partial charge in [0.1, 0.15) is 12.7 Å². The van der Waals surface area contributed by atoms with Crippen LogP contribution in [0.1, 0.15) is 44.4 Å². The third kappa shape index (κ3) is 5.17. The Morgan fingerprint density at radius 1 is 1.30 bits per heavy atom. The van der Waals surface area contributed by atoms with E-state index in [1.165, 1.54) is 11.9 Å². The maximum absolute atomic E-state index is 11.8. The molecular formula is C17H24N4O2. The van der Waals surface area contributed by atoms with E-state index in [9.17, 15) is 9.90 Å². The lowest BCUT2D eigenvalue weighted by atomic mass is 9.86. The highest BCUT2D eigenvalue weighted by molar-refractivity contribution is 5.75. The maximum Gasteiger partial charge on any atom is 0.221 e. The van der Waals surface area contributed by atoms with E-state index >= 15 is 0 Å². The van der Waals surface area contributed by atoms with Crippen LogP contribution < -0.4 is 5.32 Å². The molecule has 1 atom stereocenters. The standard InChI is InChI=1S/C17H24N4O2/c1-17(2,3)14-6-4-13(5-7-14)15(22)10-19-16(23)8-9-21-12-18-11-20-21/h4-7,11-12,15,22H,8-10H2,1-3H3,(H,19,23). The fraction of sp³-hybridized carbons (Fsp3) is 0.471. The van der Waals surface area contributed by atoms with Gasteiger partial charge in [-0.3, -0.25) is 9.48 Å². The summed E-state index contributed by atoms with van der Waals surface area (Å²) in [5.41, 5.74) is 2.10. The summed E-state index contributed by atoms with van der Waals surface area (Å²) in [5, 5.41) is 16.8. The highest BCUT2D eigenvalue weighted by atomic mass is 16.3. The number of aliphatic hydroxyl groups excluding tert-OH is 1. The molecule has 0 spiro atoms. The zero-order chi connectivity index (χ0) is 16.9. The van der Waals surface area contributed by atoms with Gasteiger partial charge in [-0.05, 0) is 16.5 Å². The van der Waals surface area contributed by atoms with E-state index in [1.54, 1.807) is 11.0 Å². The van der Waals surface area contributed by atoms with Crippen molar-refractivity contribution in [2.24, 2.45) is 0 Å². The van der Waals surface area contributed by atoms with Crippen molar-refractivity contribution >= 4 is 5.91 Å². The molecule has 0 radical (unpaired) electrons. The number of hydrogen-bond acceptors (Lipinski definition) is 4. The Labute approximate surface area is 136 Å². The minimum absolute atomic E-state index is 0.0824. The lowest BCUT2D eigenvalue weighted by Crippen LogP contribution is -2.29. The van der Waals surface area contributed by atoms with Crippen molar-refractivity contribution < 1.29 is 9.90 Å². The summed E-state index contributed by atoms with van der Waals surface area (Å²) in [5.74, 6) is -0.120. The van der Waals surface area contributed by atoms with Crippen LogP contribution in [0.25, 0.3) is 0 Å².